The molecule has 7 heteroatoms. The van der Waals surface area contributed by atoms with Crippen molar-refractivity contribution in [2.24, 2.45) is 16.8 Å². The Morgan fingerprint density at radius 2 is 2.12 bits per heavy atom. The van der Waals surface area contributed by atoms with E-state index in [2.05, 4.69) is 26.4 Å². The topological polar surface area (TPSA) is 89.5 Å². The van der Waals surface area contributed by atoms with Gasteiger partial charge in [-0.05, 0) is 30.9 Å². The highest BCUT2D eigenvalue weighted by molar-refractivity contribution is 9.10. The summed E-state index contributed by atoms with van der Waals surface area (Å²) in [4.78, 5) is 23.5. The average molecular weight is 421 g/mol. The van der Waals surface area contributed by atoms with Gasteiger partial charge in [0.15, 0.2) is 0 Å². The maximum atomic E-state index is 12.6. The van der Waals surface area contributed by atoms with Gasteiger partial charge in [-0.2, -0.15) is 4.91 Å². The Hall–Kier alpha value is -1.73. The molecule has 1 saturated carbocycles. The second-order valence-electron chi connectivity index (χ2n) is 7.08. The van der Waals surface area contributed by atoms with Crippen molar-refractivity contribution >= 4 is 38.4 Å². The minimum absolute atomic E-state index is 0.0515. The molecular weight excluding hydrogens is 396 g/mol. The van der Waals surface area contributed by atoms with Crippen LogP contribution in [0.4, 0.5) is 5.69 Å². The van der Waals surface area contributed by atoms with Gasteiger partial charge in [0.1, 0.15) is 6.04 Å². The molecule has 0 spiro atoms. The Morgan fingerprint density at radius 1 is 1.35 bits per heavy atom. The molecule has 1 atom stereocenters. The quantitative estimate of drug-likeness (QED) is 0.649. The molecule has 1 aliphatic rings. The summed E-state index contributed by atoms with van der Waals surface area (Å²) in [7, 11) is 0. The van der Waals surface area contributed by atoms with Crippen LogP contribution in [-0.4, -0.2) is 23.1 Å². The Bertz CT molecular complexity index is 783. The number of nitrogens with two attached hydrogens (primary N) is 1. The van der Waals surface area contributed by atoms with Crippen molar-refractivity contribution in [1.82, 2.24) is 4.57 Å². The van der Waals surface area contributed by atoms with Crippen molar-refractivity contribution in [1.29, 1.82) is 0 Å². The van der Waals surface area contributed by atoms with Crippen LogP contribution < -0.4 is 11.1 Å². The van der Waals surface area contributed by atoms with Crippen LogP contribution in [0.15, 0.2) is 34.0 Å². The average Bonchev–Trinajstić information content (AvgIpc) is 2.99. The molecule has 2 aromatic rings. The largest absolute Gasteiger partial charge is 0.343 e. The van der Waals surface area contributed by atoms with Crippen molar-refractivity contribution in [3.05, 3.63) is 33.8 Å². The fourth-order valence-electron chi connectivity index (χ4n) is 3.79. The van der Waals surface area contributed by atoms with Gasteiger partial charge in [-0.1, -0.05) is 46.4 Å². The molecule has 1 fully saturated rings. The first-order valence-corrected chi connectivity index (χ1v) is 10.0. The Labute approximate surface area is 161 Å². The van der Waals surface area contributed by atoms with Gasteiger partial charge in [0, 0.05) is 35.6 Å². The molecule has 0 bridgehead atoms. The van der Waals surface area contributed by atoms with Crippen LogP contribution in [0.2, 0.25) is 0 Å². The number of rotatable bonds is 7. The number of halogens is 1. The van der Waals surface area contributed by atoms with Crippen LogP contribution in [0.25, 0.3) is 10.9 Å². The lowest BCUT2D eigenvalue weighted by atomic mass is 9.87. The molecule has 1 aliphatic carbocycles. The summed E-state index contributed by atoms with van der Waals surface area (Å²) in [6, 6.07) is 5.36. The number of nitrogens with one attached hydrogen (secondary N) is 1. The SMILES string of the molecule is NCC(Cn1cc(NC(=O)CC2CCCCC2)c2c(Br)cccc21)N=O. The summed E-state index contributed by atoms with van der Waals surface area (Å²) >= 11 is 3.58. The van der Waals surface area contributed by atoms with E-state index >= 15 is 0 Å². The zero-order valence-corrected chi connectivity index (χ0v) is 16.4. The van der Waals surface area contributed by atoms with E-state index < -0.39 is 6.04 Å². The van der Waals surface area contributed by atoms with Gasteiger partial charge in [0.25, 0.3) is 0 Å². The molecule has 1 unspecified atom stereocenters. The first-order valence-electron chi connectivity index (χ1n) is 9.22. The standard InChI is InChI=1S/C19H25BrN4O2/c20-15-7-4-8-17-19(15)16(12-24(17)11-14(10-21)23-26)22-18(25)9-13-5-2-1-3-6-13/h4,7-8,12-14H,1-3,5-6,9-11,21H2,(H,22,25). The van der Waals surface area contributed by atoms with E-state index in [0.29, 0.717) is 18.9 Å². The fourth-order valence-corrected chi connectivity index (χ4v) is 4.36. The van der Waals surface area contributed by atoms with Gasteiger partial charge < -0.3 is 15.6 Å². The smallest absolute Gasteiger partial charge is 0.224 e. The third-order valence-electron chi connectivity index (χ3n) is 5.16. The van der Waals surface area contributed by atoms with E-state index in [-0.39, 0.29) is 12.5 Å². The molecule has 0 aliphatic heterocycles. The predicted molar refractivity (Wildman–Crippen MR) is 108 cm³/mol. The molecule has 1 aromatic heterocycles. The predicted octanol–water partition coefficient (Wildman–Crippen LogP) is 4.41. The number of fused-ring (bicyclic) bond motifs is 1. The van der Waals surface area contributed by atoms with Gasteiger partial charge in [-0.25, -0.2) is 0 Å². The molecule has 6 nitrogen and oxygen atoms in total. The van der Waals surface area contributed by atoms with E-state index in [1.54, 1.807) is 0 Å². The van der Waals surface area contributed by atoms with Crippen LogP contribution >= 0.6 is 15.9 Å². The van der Waals surface area contributed by atoms with Gasteiger partial charge in [0.05, 0.1) is 11.2 Å². The van der Waals surface area contributed by atoms with Crippen LogP contribution in [0.5, 0.6) is 0 Å². The van der Waals surface area contributed by atoms with Crippen LogP contribution in [0.1, 0.15) is 38.5 Å². The highest BCUT2D eigenvalue weighted by Gasteiger charge is 2.20. The molecule has 1 aromatic carbocycles. The molecule has 26 heavy (non-hydrogen) atoms. The number of anilines is 1. The van der Waals surface area contributed by atoms with Crippen LogP contribution in [-0.2, 0) is 11.3 Å². The van der Waals surface area contributed by atoms with Crippen molar-refractivity contribution in [3.63, 3.8) is 0 Å². The summed E-state index contributed by atoms with van der Waals surface area (Å²) in [5.74, 6) is 0.539. The molecular formula is C19H25BrN4O2. The second-order valence-corrected chi connectivity index (χ2v) is 7.93. The summed E-state index contributed by atoms with van der Waals surface area (Å²) in [5.41, 5.74) is 7.31. The Morgan fingerprint density at radius 3 is 2.81 bits per heavy atom. The maximum Gasteiger partial charge on any atom is 0.224 e. The molecule has 3 rings (SSSR count). The number of hydrogen-bond acceptors (Lipinski definition) is 4. The van der Waals surface area contributed by atoms with Crippen LogP contribution in [0.3, 0.4) is 0 Å². The minimum Gasteiger partial charge on any atom is -0.343 e. The molecule has 1 amide bonds. The van der Waals surface area contributed by atoms with Gasteiger partial charge >= 0.3 is 0 Å². The summed E-state index contributed by atoms with van der Waals surface area (Å²) in [6.45, 7) is 0.589. The zero-order chi connectivity index (χ0) is 18.5. The lowest BCUT2D eigenvalue weighted by Crippen LogP contribution is -2.23. The van der Waals surface area contributed by atoms with E-state index in [1.165, 1.54) is 19.3 Å². The van der Waals surface area contributed by atoms with E-state index in [4.69, 9.17) is 5.73 Å². The van der Waals surface area contributed by atoms with Gasteiger partial charge in [-0.15, -0.1) is 0 Å². The normalized spacial score (nSPS) is 16.5. The van der Waals surface area contributed by atoms with Gasteiger partial charge in [0.2, 0.25) is 5.91 Å². The number of carbonyl (C=O) groups is 1. The van der Waals surface area contributed by atoms with Gasteiger partial charge in [-0.3, -0.25) is 4.79 Å². The number of nitroso groups, excluding NO2 is 1. The highest BCUT2D eigenvalue weighted by atomic mass is 79.9. The van der Waals surface area contributed by atoms with Crippen molar-refractivity contribution in [2.45, 2.75) is 51.1 Å². The number of hydrogen-bond donors (Lipinski definition) is 2. The minimum atomic E-state index is -0.490. The van der Waals surface area contributed by atoms with E-state index in [1.807, 2.05) is 29.0 Å². The van der Waals surface area contributed by atoms with Crippen molar-refractivity contribution in [3.8, 4) is 0 Å². The fraction of sp³-hybridized carbons (Fsp3) is 0.526. The lowest BCUT2D eigenvalue weighted by molar-refractivity contribution is -0.117. The Kier molecular flexibility index (Phi) is 6.43. The summed E-state index contributed by atoms with van der Waals surface area (Å²) in [6.07, 6.45) is 8.46. The third-order valence-corrected chi connectivity index (χ3v) is 5.82. The summed E-state index contributed by atoms with van der Waals surface area (Å²) < 4.78 is 2.85. The van der Waals surface area contributed by atoms with E-state index in [9.17, 15) is 9.70 Å². The summed E-state index contributed by atoms with van der Waals surface area (Å²) in [5, 5.41) is 7.09. The molecule has 0 radical (unpaired) electrons. The number of amides is 1. The highest BCUT2D eigenvalue weighted by Crippen LogP contribution is 2.34. The first kappa shape index (κ1) is 19.0. The maximum absolute atomic E-state index is 12.6. The molecule has 140 valence electrons. The van der Waals surface area contributed by atoms with Crippen molar-refractivity contribution in [2.75, 3.05) is 11.9 Å². The molecule has 1 heterocycles. The van der Waals surface area contributed by atoms with Crippen LogP contribution in [0, 0.1) is 10.8 Å². The van der Waals surface area contributed by atoms with Crippen molar-refractivity contribution < 1.29 is 4.79 Å². The zero-order valence-electron chi connectivity index (χ0n) is 14.8. The number of carbonyl (C=O) groups excluding carboxylic acids is 1. The third kappa shape index (κ3) is 4.32. The number of benzene rings is 1. The number of aromatic nitrogens is 1. The first-order chi connectivity index (χ1) is 12.6. The molecule has 0 saturated heterocycles. The number of nitrogens with zero attached hydrogens (tertiary/aromatic N) is 2. The molecule has 3 N–H and O–H groups in total. The lowest BCUT2D eigenvalue weighted by Gasteiger charge is -2.20. The Balaban J connectivity index is 1.82. The second kappa shape index (κ2) is 8.77. The monoisotopic (exact) mass is 420 g/mol. The van der Waals surface area contributed by atoms with E-state index in [0.717, 1.165) is 33.9 Å².